The lowest BCUT2D eigenvalue weighted by molar-refractivity contribution is 0.666. The number of amidine groups is 1. The number of hydrogen-bond donors (Lipinski definition) is 0. The summed E-state index contributed by atoms with van der Waals surface area (Å²) in [5.41, 5.74) is 13.6. The monoisotopic (exact) mass is 821 g/mol. The van der Waals surface area contributed by atoms with Gasteiger partial charge in [0.2, 0.25) is 0 Å². The summed E-state index contributed by atoms with van der Waals surface area (Å²) >= 11 is 0. The minimum atomic E-state index is 0.0845. The topological polar surface area (TPSA) is 55.9 Å². The van der Waals surface area contributed by atoms with Gasteiger partial charge in [-0.25, -0.2) is 9.98 Å². The van der Waals surface area contributed by atoms with Crippen LogP contribution in [0.5, 0.6) is 0 Å². The van der Waals surface area contributed by atoms with Gasteiger partial charge in [0.15, 0.2) is 11.4 Å². The molecule has 0 saturated heterocycles. The van der Waals surface area contributed by atoms with Crippen LogP contribution in [0, 0.1) is 5.92 Å². The van der Waals surface area contributed by atoms with Crippen LogP contribution in [0.15, 0.2) is 219 Å². The van der Waals surface area contributed by atoms with E-state index in [0.717, 1.165) is 95.1 Å². The van der Waals surface area contributed by atoms with Gasteiger partial charge >= 0.3 is 0 Å². The van der Waals surface area contributed by atoms with Crippen molar-refractivity contribution in [1.82, 2.24) is 4.57 Å². The van der Waals surface area contributed by atoms with Crippen molar-refractivity contribution in [3.05, 3.63) is 217 Å². The van der Waals surface area contributed by atoms with Crippen molar-refractivity contribution in [2.45, 2.75) is 13.3 Å². The number of aromatic nitrogens is 1. The Morgan fingerprint density at radius 2 is 1.11 bits per heavy atom. The number of hydrogen-bond acceptors (Lipinski definition) is 4. The average Bonchev–Trinajstić information content (AvgIpc) is 4.02. The molecule has 1 atom stereocenters. The minimum absolute atomic E-state index is 0.0845. The maximum Gasteiger partial charge on any atom is 0.160 e. The maximum absolute atomic E-state index is 7.01. The fourth-order valence-electron chi connectivity index (χ4n) is 9.90. The van der Waals surface area contributed by atoms with E-state index in [1.807, 2.05) is 18.2 Å². The second-order valence-corrected chi connectivity index (χ2v) is 16.9. The third-order valence-corrected chi connectivity index (χ3v) is 13.1. The van der Waals surface area contributed by atoms with Crippen molar-refractivity contribution in [2.75, 3.05) is 0 Å². The molecule has 0 aliphatic carbocycles. The van der Waals surface area contributed by atoms with Gasteiger partial charge in [-0.2, -0.15) is 0 Å². The first-order valence-electron chi connectivity index (χ1n) is 21.9. The first kappa shape index (κ1) is 36.4. The third-order valence-electron chi connectivity index (χ3n) is 13.1. The Morgan fingerprint density at radius 1 is 0.469 bits per heavy atom. The van der Waals surface area contributed by atoms with Crippen LogP contribution in [0.25, 0.3) is 99.0 Å². The normalized spacial score (nSPS) is 17.1. The largest absolute Gasteiger partial charge is 0.456 e. The number of furan rings is 2. The lowest BCUT2D eigenvalue weighted by Crippen LogP contribution is -2.17. The molecule has 0 spiro atoms. The first-order valence-corrected chi connectivity index (χ1v) is 21.9. The molecule has 5 heteroatoms. The molecule has 1 unspecified atom stereocenters. The minimum Gasteiger partial charge on any atom is -0.456 e. The Hall–Kier alpha value is -8.28. The predicted octanol–water partition coefficient (Wildman–Crippen LogP) is 15.7. The molecule has 12 aromatic rings. The van der Waals surface area contributed by atoms with Gasteiger partial charge in [-0.1, -0.05) is 153 Å². The molecule has 0 N–H and O–H groups in total. The summed E-state index contributed by atoms with van der Waals surface area (Å²) in [6.07, 6.45) is 3.03. The van der Waals surface area contributed by atoms with Crippen LogP contribution in [0.1, 0.15) is 30.0 Å². The van der Waals surface area contributed by atoms with Crippen LogP contribution in [-0.4, -0.2) is 16.1 Å². The summed E-state index contributed by atoms with van der Waals surface area (Å²) < 4.78 is 15.8. The molecule has 9 aromatic carbocycles. The standard InChI is InChI=1S/C59H39N3O2/c1-36-23-31-49(42-28-29-45-44-18-8-11-21-53(44)63-55(45)35-42)60-59(61-57(36)39-26-24-38(25-27-39)37-13-3-2-4-14-37)47-30-32-51(58-56(47)46-19-9-12-22-54(46)64-58)62-50-20-10-7-17-43(50)48-33-40-15-5-6-16-41(40)34-52(48)62/h2-22,24-36H,23H2,1H3/b49-31+,60-59-,61-57+. The van der Waals surface area contributed by atoms with Gasteiger partial charge in [0.25, 0.3) is 0 Å². The van der Waals surface area contributed by atoms with E-state index in [4.69, 9.17) is 18.8 Å². The highest BCUT2D eigenvalue weighted by atomic mass is 16.3. The van der Waals surface area contributed by atoms with Gasteiger partial charge < -0.3 is 13.4 Å². The average molecular weight is 822 g/mol. The Kier molecular flexibility index (Phi) is 8.19. The Labute approximate surface area is 368 Å². The zero-order valence-corrected chi connectivity index (χ0v) is 35.0. The van der Waals surface area contributed by atoms with Gasteiger partial charge in [-0.15, -0.1) is 0 Å². The van der Waals surface area contributed by atoms with Crippen LogP contribution in [0.3, 0.4) is 0 Å². The van der Waals surface area contributed by atoms with E-state index in [1.54, 1.807) is 0 Å². The second kappa shape index (κ2) is 14.4. The van der Waals surface area contributed by atoms with Crippen molar-refractivity contribution in [3.63, 3.8) is 0 Å². The number of aliphatic imine (C=N–C) groups is 2. The molecule has 0 amide bonds. The van der Waals surface area contributed by atoms with Gasteiger partial charge in [0.1, 0.15) is 16.7 Å². The van der Waals surface area contributed by atoms with Gasteiger partial charge in [-0.05, 0) is 88.5 Å². The van der Waals surface area contributed by atoms with E-state index in [9.17, 15) is 0 Å². The van der Waals surface area contributed by atoms with E-state index < -0.39 is 0 Å². The van der Waals surface area contributed by atoms with E-state index >= 15 is 0 Å². The van der Waals surface area contributed by atoms with Crippen molar-refractivity contribution < 1.29 is 8.83 Å². The molecule has 4 heterocycles. The fourth-order valence-corrected chi connectivity index (χ4v) is 9.90. The molecular weight excluding hydrogens is 783 g/mol. The molecule has 13 rings (SSSR count). The van der Waals surface area contributed by atoms with Gasteiger partial charge in [0.05, 0.1) is 28.1 Å². The molecule has 1 aliphatic rings. The molecule has 302 valence electrons. The smallest absolute Gasteiger partial charge is 0.160 e. The first-order chi connectivity index (χ1) is 31.6. The molecular formula is C59H39N3O2. The third kappa shape index (κ3) is 5.78. The van der Waals surface area contributed by atoms with Crippen LogP contribution in [0.2, 0.25) is 0 Å². The molecule has 3 aromatic heterocycles. The molecule has 0 bridgehead atoms. The number of para-hydroxylation sites is 3. The molecule has 0 saturated carbocycles. The number of allylic oxidation sites excluding steroid dienone is 1. The van der Waals surface area contributed by atoms with Gasteiger partial charge in [-0.3, -0.25) is 0 Å². The van der Waals surface area contributed by atoms with Gasteiger partial charge in [0, 0.05) is 49.4 Å². The Balaban J connectivity index is 1.06. The van der Waals surface area contributed by atoms with Crippen LogP contribution in [-0.2, 0) is 0 Å². The second-order valence-electron chi connectivity index (χ2n) is 16.9. The molecule has 1 aliphatic heterocycles. The SMILES string of the molecule is CC1C/C=C(c2ccc3c(c2)oc2ccccc23)/N=C(c2ccc(-n3c4ccccc4c4cc5ccccc5cc43)c3oc4ccccc4c23)\N=C/1c1ccc(-c2ccccc2)cc1. The Bertz CT molecular complexity index is 3940. The van der Waals surface area contributed by atoms with Crippen molar-refractivity contribution in [3.8, 4) is 16.8 Å². The van der Waals surface area contributed by atoms with E-state index in [2.05, 4.69) is 193 Å². The highest BCUT2D eigenvalue weighted by molar-refractivity contribution is 6.24. The summed E-state index contributed by atoms with van der Waals surface area (Å²) in [4.78, 5) is 11.2. The summed E-state index contributed by atoms with van der Waals surface area (Å²) in [6.45, 7) is 2.27. The highest BCUT2D eigenvalue weighted by Gasteiger charge is 2.25. The number of fused-ring (bicyclic) bond motifs is 10. The fraction of sp³-hybridized carbons (Fsp3) is 0.0508. The summed E-state index contributed by atoms with van der Waals surface area (Å²) in [5.74, 6) is 0.710. The van der Waals surface area contributed by atoms with Crippen molar-refractivity contribution in [2.24, 2.45) is 15.9 Å². The predicted molar refractivity (Wildman–Crippen MR) is 266 cm³/mol. The van der Waals surface area contributed by atoms with E-state index in [-0.39, 0.29) is 5.92 Å². The van der Waals surface area contributed by atoms with Crippen molar-refractivity contribution >= 4 is 93.7 Å². The zero-order chi connectivity index (χ0) is 42.3. The van der Waals surface area contributed by atoms with E-state index in [0.29, 0.717) is 5.84 Å². The molecule has 5 nitrogen and oxygen atoms in total. The summed E-state index contributed by atoms with van der Waals surface area (Å²) in [5, 5.41) is 8.97. The molecule has 64 heavy (non-hydrogen) atoms. The van der Waals surface area contributed by atoms with Crippen molar-refractivity contribution in [1.29, 1.82) is 0 Å². The zero-order valence-electron chi connectivity index (χ0n) is 35.0. The van der Waals surface area contributed by atoms with Crippen LogP contribution >= 0.6 is 0 Å². The number of nitrogens with zero attached hydrogens (tertiary/aromatic N) is 3. The lowest BCUT2D eigenvalue weighted by atomic mass is 9.92. The summed E-state index contributed by atoms with van der Waals surface area (Å²) in [6, 6.07) is 68.6. The van der Waals surface area contributed by atoms with Crippen LogP contribution < -0.4 is 0 Å². The Morgan fingerprint density at radius 3 is 1.94 bits per heavy atom. The highest BCUT2D eigenvalue weighted by Crippen LogP contribution is 2.42. The quantitative estimate of drug-likeness (QED) is 0.174. The van der Waals surface area contributed by atoms with Crippen LogP contribution in [0.4, 0.5) is 0 Å². The lowest BCUT2D eigenvalue weighted by Gasteiger charge is -2.19. The molecule has 0 fully saturated rings. The molecule has 0 radical (unpaired) electrons. The number of benzene rings is 9. The summed E-state index contributed by atoms with van der Waals surface area (Å²) in [7, 11) is 0. The number of rotatable bonds is 5. The maximum atomic E-state index is 7.01. The van der Waals surface area contributed by atoms with E-state index in [1.165, 1.54) is 32.7 Å².